The third-order valence-corrected chi connectivity index (χ3v) is 8.85. The molecule has 8 nitrogen and oxygen atoms in total. The van der Waals surface area contributed by atoms with E-state index >= 15 is 0 Å². The minimum absolute atomic E-state index is 0.101. The minimum Gasteiger partial charge on any atom is -0.440 e. The topological polar surface area (TPSA) is 95.8 Å². The molecule has 0 aliphatic carbocycles. The number of sulfonamides is 1. The molecule has 0 spiro atoms. The zero-order valence-electron chi connectivity index (χ0n) is 19.3. The van der Waals surface area contributed by atoms with Crippen LogP contribution in [-0.2, 0) is 14.8 Å². The van der Waals surface area contributed by atoms with Crippen molar-refractivity contribution in [3.05, 3.63) is 54.4 Å². The van der Waals surface area contributed by atoms with Crippen LogP contribution in [0.5, 0.6) is 0 Å². The van der Waals surface area contributed by atoms with Crippen LogP contribution in [0.3, 0.4) is 0 Å². The molecule has 180 valence electrons. The first-order chi connectivity index (χ1) is 16.4. The van der Waals surface area contributed by atoms with Crippen molar-refractivity contribution >= 4 is 32.7 Å². The van der Waals surface area contributed by atoms with Crippen molar-refractivity contribution in [3.63, 3.8) is 0 Å². The standard InChI is InChI=1S/C25H30N4O4S/c1-18(28-16-12-19(13-17-28)25-27-22-6-2-3-7-23(22)33-25)24(30)26-20-8-10-21(11-9-20)34(31,32)29-14-4-5-15-29/h2-3,6-11,18-19H,4-5,12-17H2,1H3,(H,26,30)/t18-/m0/s1. The molecule has 2 aliphatic heterocycles. The maximum atomic E-state index is 12.9. The molecule has 1 atom stereocenters. The highest BCUT2D eigenvalue weighted by Gasteiger charge is 2.30. The van der Waals surface area contributed by atoms with Gasteiger partial charge in [0.05, 0.1) is 10.9 Å². The van der Waals surface area contributed by atoms with Crippen LogP contribution in [-0.4, -0.2) is 60.7 Å². The number of nitrogens with one attached hydrogen (secondary N) is 1. The Balaban J connectivity index is 1.16. The van der Waals surface area contributed by atoms with Gasteiger partial charge >= 0.3 is 0 Å². The molecule has 0 radical (unpaired) electrons. The number of nitrogens with zero attached hydrogens (tertiary/aromatic N) is 3. The number of fused-ring (bicyclic) bond motifs is 1. The van der Waals surface area contributed by atoms with Crippen molar-refractivity contribution in [2.75, 3.05) is 31.5 Å². The van der Waals surface area contributed by atoms with Gasteiger partial charge in [0.1, 0.15) is 5.52 Å². The second-order valence-electron chi connectivity index (χ2n) is 9.13. The largest absolute Gasteiger partial charge is 0.440 e. The van der Waals surface area contributed by atoms with Crippen molar-refractivity contribution in [1.82, 2.24) is 14.2 Å². The molecular formula is C25H30N4O4S. The number of hydrogen-bond donors (Lipinski definition) is 1. The number of amides is 1. The summed E-state index contributed by atoms with van der Waals surface area (Å²) < 4.78 is 32.8. The van der Waals surface area contributed by atoms with Crippen LogP contribution in [0.25, 0.3) is 11.1 Å². The fraction of sp³-hybridized carbons (Fsp3) is 0.440. The zero-order chi connectivity index (χ0) is 23.7. The Morgan fingerprint density at radius 3 is 2.38 bits per heavy atom. The predicted molar refractivity (Wildman–Crippen MR) is 130 cm³/mol. The number of rotatable bonds is 6. The summed E-state index contributed by atoms with van der Waals surface area (Å²) in [4.78, 5) is 19.9. The molecule has 2 fully saturated rings. The number of anilines is 1. The number of piperidine rings is 1. The van der Waals surface area contributed by atoms with Gasteiger partial charge < -0.3 is 9.73 Å². The van der Waals surface area contributed by atoms with E-state index in [0.717, 1.165) is 55.8 Å². The molecule has 5 rings (SSSR count). The molecule has 0 unspecified atom stereocenters. The van der Waals surface area contributed by atoms with Gasteiger partial charge in [-0.3, -0.25) is 9.69 Å². The summed E-state index contributed by atoms with van der Waals surface area (Å²) in [5.41, 5.74) is 2.29. The average Bonchev–Trinajstić information content (AvgIpc) is 3.55. The van der Waals surface area contributed by atoms with Gasteiger partial charge in [-0.2, -0.15) is 4.31 Å². The van der Waals surface area contributed by atoms with Crippen LogP contribution in [0.15, 0.2) is 57.8 Å². The number of para-hydroxylation sites is 2. The molecule has 1 amide bonds. The molecule has 2 aliphatic rings. The first kappa shape index (κ1) is 23.0. The highest BCUT2D eigenvalue weighted by molar-refractivity contribution is 7.89. The molecule has 1 N–H and O–H groups in total. The fourth-order valence-electron chi connectivity index (χ4n) is 4.80. The number of benzene rings is 2. The van der Waals surface area contributed by atoms with Crippen molar-refractivity contribution in [2.45, 2.75) is 49.5 Å². The van der Waals surface area contributed by atoms with Crippen molar-refractivity contribution in [2.24, 2.45) is 0 Å². The highest BCUT2D eigenvalue weighted by atomic mass is 32.2. The summed E-state index contributed by atoms with van der Waals surface area (Å²) in [5.74, 6) is 0.932. The van der Waals surface area contributed by atoms with E-state index < -0.39 is 10.0 Å². The Kier molecular flexibility index (Phi) is 6.42. The third-order valence-electron chi connectivity index (χ3n) is 6.94. The molecule has 3 heterocycles. The van der Waals surface area contributed by atoms with E-state index in [1.807, 2.05) is 31.2 Å². The first-order valence-electron chi connectivity index (χ1n) is 11.9. The highest BCUT2D eigenvalue weighted by Crippen LogP contribution is 2.31. The summed E-state index contributed by atoms with van der Waals surface area (Å²) in [5, 5.41) is 2.93. The Bertz CT molecular complexity index is 1220. The van der Waals surface area contributed by atoms with Crippen LogP contribution in [0.1, 0.15) is 44.4 Å². The predicted octanol–water partition coefficient (Wildman–Crippen LogP) is 3.82. The quantitative estimate of drug-likeness (QED) is 0.574. The van der Waals surface area contributed by atoms with E-state index in [4.69, 9.17) is 4.42 Å². The molecule has 0 bridgehead atoms. The fourth-order valence-corrected chi connectivity index (χ4v) is 6.32. The van der Waals surface area contributed by atoms with E-state index in [-0.39, 0.29) is 22.8 Å². The Morgan fingerprint density at radius 1 is 1.03 bits per heavy atom. The summed E-state index contributed by atoms with van der Waals surface area (Å²) in [6.45, 7) is 4.61. The van der Waals surface area contributed by atoms with Crippen molar-refractivity contribution < 1.29 is 17.6 Å². The minimum atomic E-state index is -3.45. The van der Waals surface area contributed by atoms with Gasteiger partial charge in [0, 0.05) is 24.7 Å². The maximum Gasteiger partial charge on any atom is 0.243 e. The lowest BCUT2D eigenvalue weighted by atomic mass is 9.95. The van der Waals surface area contributed by atoms with Gasteiger partial charge in [0.15, 0.2) is 11.5 Å². The van der Waals surface area contributed by atoms with Gasteiger partial charge in [-0.25, -0.2) is 13.4 Å². The molecule has 3 aromatic rings. The first-order valence-corrected chi connectivity index (χ1v) is 13.4. The molecule has 2 saturated heterocycles. The van der Waals surface area contributed by atoms with E-state index in [1.165, 1.54) is 4.31 Å². The summed E-state index contributed by atoms with van der Waals surface area (Å²) >= 11 is 0. The Hall–Kier alpha value is -2.75. The lowest BCUT2D eigenvalue weighted by Gasteiger charge is -2.34. The van der Waals surface area contributed by atoms with E-state index in [2.05, 4.69) is 15.2 Å². The molecule has 9 heteroatoms. The second kappa shape index (κ2) is 9.48. The molecule has 2 aromatic carbocycles. The third kappa shape index (κ3) is 4.60. The molecule has 34 heavy (non-hydrogen) atoms. The summed E-state index contributed by atoms with van der Waals surface area (Å²) in [6, 6.07) is 14.0. The molecule has 0 saturated carbocycles. The number of oxazole rings is 1. The van der Waals surface area contributed by atoms with Crippen LogP contribution >= 0.6 is 0 Å². The molecular weight excluding hydrogens is 452 g/mol. The van der Waals surface area contributed by atoms with E-state index in [9.17, 15) is 13.2 Å². The normalized spacial score (nSPS) is 19.4. The number of aromatic nitrogens is 1. The van der Waals surface area contributed by atoms with E-state index in [0.29, 0.717) is 18.8 Å². The zero-order valence-corrected chi connectivity index (χ0v) is 20.1. The SMILES string of the molecule is C[C@@H](C(=O)Nc1ccc(S(=O)(=O)N2CCCC2)cc1)N1CCC(c2nc3ccccc3o2)CC1. The Morgan fingerprint density at radius 2 is 1.71 bits per heavy atom. The monoisotopic (exact) mass is 482 g/mol. The van der Waals surface area contributed by atoms with E-state index in [1.54, 1.807) is 24.3 Å². The molecule has 1 aromatic heterocycles. The van der Waals surface area contributed by atoms with Crippen LogP contribution < -0.4 is 5.32 Å². The van der Waals surface area contributed by atoms with Gasteiger partial charge in [0.25, 0.3) is 0 Å². The van der Waals surface area contributed by atoms with Crippen molar-refractivity contribution in [3.8, 4) is 0 Å². The van der Waals surface area contributed by atoms with Crippen LogP contribution in [0.2, 0.25) is 0 Å². The second-order valence-corrected chi connectivity index (χ2v) is 11.1. The van der Waals surface area contributed by atoms with Crippen LogP contribution in [0, 0.1) is 0 Å². The summed E-state index contributed by atoms with van der Waals surface area (Å²) in [6.07, 6.45) is 3.57. The van der Waals surface area contributed by atoms with Gasteiger partial charge in [-0.1, -0.05) is 12.1 Å². The smallest absolute Gasteiger partial charge is 0.243 e. The lowest BCUT2D eigenvalue weighted by Crippen LogP contribution is -2.45. The van der Waals surface area contributed by atoms with Crippen LogP contribution in [0.4, 0.5) is 5.69 Å². The van der Waals surface area contributed by atoms with Gasteiger partial charge in [0.2, 0.25) is 15.9 Å². The van der Waals surface area contributed by atoms with Crippen molar-refractivity contribution in [1.29, 1.82) is 0 Å². The number of likely N-dealkylation sites (tertiary alicyclic amines) is 1. The maximum absolute atomic E-state index is 12.9. The average molecular weight is 483 g/mol. The lowest BCUT2D eigenvalue weighted by molar-refractivity contribution is -0.121. The van der Waals surface area contributed by atoms with Gasteiger partial charge in [-0.05, 0) is 82.1 Å². The number of carbonyl (C=O) groups excluding carboxylic acids is 1. The summed E-state index contributed by atoms with van der Waals surface area (Å²) in [7, 11) is -3.45. The Labute approximate surface area is 200 Å². The number of carbonyl (C=O) groups is 1. The number of hydrogen-bond acceptors (Lipinski definition) is 6. The van der Waals surface area contributed by atoms with Gasteiger partial charge in [-0.15, -0.1) is 0 Å².